The summed E-state index contributed by atoms with van der Waals surface area (Å²) in [5.41, 5.74) is 0. The first-order valence-electron chi connectivity index (χ1n) is 5.14. The molecule has 14 heavy (non-hydrogen) atoms. The van der Waals surface area contributed by atoms with Crippen molar-refractivity contribution in [1.82, 2.24) is 0 Å². The summed E-state index contributed by atoms with van der Waals surface area (Å²) >= 11 is 3.87. The molecule has 1 radical (unpaired) electrons. The number of thioether (sulfide) groups is 2. The summed E-state index contributed by atoms with van der Waals surface area (Å²) in [5.74, 6) is 2.40. The normalized spacial score (nSPS) is 10.4. The predicted octanol–water partition coefficient (Wildman–Crippen LogP) is 4.49. The first-order chi connectivity index (χ1) is 6.88. The molecule has 0 saturated heterocycles. The predicted molar refractivity (Wildman–Crippen MR) is 67.3 cm³/mol. The van der Waals surface area contributed by atoms with Crippen molar-refractivity contribution in [1.29, 1.82) is 0 Å². The lowest BCUT2D eigenvalue weighted by molar-refractivity contribution is 1.09. The summed E-state index contributed by atoms with van der Waals surface area (Å²) in [6.45, 7) is 4.44. The van der Waals surface area contributed by atoms with Crippen LogP contribution in [0.5, 0.6) is 0 Å². The van der Waals surface area contributed by atoms with E-state index in [4.69, 9.17) is 0 Å². The fourth-order valence-electron chi connectivity index (χ4n) is 1.05. The molecule has 0 aliphatic rings. The van der Waals surface area contributed by atoms with Gasteiger partial charge in [-0.3, -0.25) is 0 Å². The summed E-state index contributed by atoms with van der Waals surface area (Å²) in [6, 6.07) is 9.61. The minimum atomic E-state index is 1.19. The molecule has 0 unspecified atom stereocenters. The van der Waals surface area contributed by atoms with E-state index in [1.807, 2.05) is 29.6 Å². The number of hydrogen-bond acceptors (Lipinski definition) is 2. The van der Waals surface area contributed by atoms with Crippen LogP contribution in [0.15, 0.2) is 28.0 Å². The molecule has 1 aromatic carbocycles. The maximum absolute atomic E-state index is 3.32. The van der Waals surface area contributed by atoms with Crippen molar-refractivity contribution in [2.75, 3.05) is 11.5 Å². The van der Waals surface area contributed by atoms with E-state index in [2.05, 4.69) is 32.0 Å². The highest BCUT2D eigenvalue weighted by molar-refractivity contribution is 8.02. The Morgan fingerprint density at radius 2 is 1.86 bits per heavy atom. The van der Waals surface area contributed by atoms with Crippen molar-refractivity contribution in [2.24, 2.45) is 0 Å². The van der Waals surface area contributed by atoms with Crippen LogP contribution in [0.25, 0.3) is 0 Å². The fraction of sp³-hybridized carbons (Fsp3) is 0.500. The lowest BCUT2D eigenvalue weighted by atomic mass is 10.4. The zero-order chi connectivity index (χ0) is 10.2. The van der Waals surface area contributed by atoms with Gasteiger partial charge in [0.05, 0.1) is 0 Å². The van der Waals surface area contributed by atoms with Gasteiger partial charge in [-0.25, -0.2) is 0 Å². The van der Waals surface area contributed by atoms with Gasteiger partial charge in [-0.05, 0) is 36.5 Å². The number of rotatable bonds is 6. The average Bonchev–Trinajstić information content (AvgIpc) is 2.24. The van der Waals surface area contributed by atoms with Crippen LogP contribution in [0.2, 0.25) is 0 Å². The van der Waals surface area contributed by atoms with E-state index in [0.717, 1.165) is 0 Å². The third kappa shape index (κ3) is 3.97. The largest absolute Gasteiger partial charge is 0.125 e. The summed E-state index contributed by atoms with van der Waals surface area (Å²) < 4.78 is 0. The van der Waals surface area contributed by atoms with E-state index in [9.17, 15) is 0 Å². The van der Waals surface area contributed by atoms with Crippen LogP contribution in [0.3, 0.4) is 0 Å². The highest BCUT2D eigenvalue weighted by Gasteiger charge is 2.01. The summed E-state index contributed by atoms with van der Waals surface area (Å²) in [4.78, 5) is 2.72. The van der Waals surface area contributed by atoms with Gasteiger partial charge in [-0.15, -0.1) is 23.5 Å². The Kier molecular flexibility index (Phi) is 6.20. The minimum Gasteiger partial charge on any atom is -0.125 e. The first-order valence-corrected chi connectivity index (χ1v) is 7.12. The maximum atomic E-state index is 3.32. The van der Waals surface area contributed by atoms with Crippen molar-refractivity contribution >= 4 is 23.5 Å². The molecule has 0 saturated carbocycles. The van der Waals surface area contributed by atoms with Gasteiger partial charge in [-0.2, -0.15) is 0 Å². The first kappa shape index (κ1) is 12.0. The Labute approximate surface area is 95.9 Å². The molecular weight excluding hydrogens is 208 g/mol. The van der Waals surface area contributed by atoms with Crippen molar-refractivity contribution < 1.29 is 0 Å². The molecule has 0 nitrogen and oxygen atoms in total. The van der Waals surface area contributed by atoms with Crippen molar-refractivity contribution in [2.45, 2.75) is 36.5 Å². The van der Waals surface area contributed by atoms with E-state index in [0.29, 0.717) is 0 Å². The van der Waals surface area contributed by atoms with Crippen LogP contribution in [-0.2, 0) is 0 Å². The second-order valence-electron chi connectivity index (χ2n) is 3.06. The molecule has 0 spiro atoms. The van der Waals surface area contributed by atoms with Gasteiger partial charge in [0.15, 0.2) is 0 Å². The average molecular weight is 225 g/mol. The molecule has 0 fully saturated rings. The molecule has 1 rings (SSSR count). The molecule has 77 valence electrons. The molecule has 2 heteroatoms. The van der Waals surface area contributed by atoms with Gasteiger partial charge in [0, 0.05) is 9.79 Å². The fourth-order valence-corrected chi connectivity index (χ4v) is 2.96. The lowest BCUT2D eigenvalue weighted by Gasteiger charge is -2.06. The topological polar surface area (TPSA) is 0 Å². The second kappa shape index (κ2) is 7.24. The Balaban J connectivity index is 2.60. The molecule has 0 heterocycles. The van der Waals surface area contributed by atoms with Crippen LogP contribution >= 0.6 is 23.5 Å². The SMILES string of the molecule is CCCSc1[c]cccc1SCCC. The molecule has 0 atom stereocenters. The highest BCUT2D eigenvalue weighted by Crippen LogP contribution is 2.30. The quantitative estimate of drug-likeness (QED) is 0.654. The maximum Gasteiger partial charge on any atom is 0.0287 e. The molecule has 0 aromatic heterocycles. The lowest BCUT2D eigenvalue weighted by Crippen LogP contribution is -1.82. The van der Waals surface area contributed by atoms with Crippen molar-refractivity contribution in [3.63, 3.8) is 0 Å². The third-order valence-electron chi connectivity index (χ3n) is 1.69. The van der Waals surface area contributed by atoms with Crippen molar-refractivity contribution in [3.8, 4) is 0 Å². The van der Waals surface area contributed by atoms with Gasteiger partial charge in [0.2, 0.25) is 0 Å². The van der Waals surface area contributed by atoms with Gasteiger partial charge in [0.1, 0.15) is 0 Å². The Hall–Kier alpha value is -0.0800. The van der Waals surface area contributed by atoms with E-state index >= 15 is 0 Å². The second-order valence-corrected chi connectivity index (χ2v) is 5.30. The third-order valence-corrected chi connectivity index (χ3v) is 4.33. The zero-order valence-electron chi connectivity index (χ0n) is 8.88. The van der Waals surface area contributed by atoms with E-state index in [1.165, 1.54) is 34.1 Å². The smallest absolute Gasteiger partial charge is 0.0287 e. The molecular formula is C12H17S2. The Morgan fingerprint density at radius 1 is 1.14 bits per heavy atom. The number of benzene rings is 1. The zero-order valence-corrected chi connectivity index (χ0v) is 10.5. The van der Waals surface area contributed by atoms with Gasteiger partial charge in [-0.1, -0.05) is 26.0 Å². The Bertz CT molecular complexity index is 231. The van der Waals surface area contributed by atoms with Crippen LogP contribution < -0.4 is 0 Å². The standard InChI is InChI=1S/C12H17S2/c1-3-9-13-11-7-5-6-8-12(11)14-10-4-2/h5-7H,3-4,9-10H2,1-2H3. The summed E-state index contributed by atoms with van der Waals surface area (Å²) in [6.07, 6.45) is 2.46. The number of hydrogen-bond donors (Lipinski definition) is 0. The van der Waals surface area contributed by atoms with Gasteiger partial charge in [0.25, 0.3) is 0 Å². The minimum absolute atomic E-state index is 1.19. The van der Waals surface area contributed by atoms with E-state index in [1.54, 1.807) is 0 Å². The Morgan fingerprint density at radius 3 is 2.57 bits per heavy atom. The molecule has 0 bridgehead atoms. The van der Waals surface area contributed by atoms with Crippen LogP contribution in [-0.4, -0.2) is 11.5 Å². The van der Waals surface area contributed by atoms with Crippen LogP contribution in [0.1, 0.15) is 26.7 Å². The molecule has 0 N–H and O–H groups in total. The van der Waals surface area contributed by atoms with Crippen molar-refractivity contribution in [3.05, 3.63) is 24.3 Å². The van der Waals surface area contributed by atoms with E-state index < -0.39 is 0 Å². The van der Waals surface area contributed by atoms with Gasteiger partial charge >= 0.3 is 0 Å². The summed E-state index contributed by atoms with van der Waals surface area (Å²) in [5, 5.41) is 0. The molecule has 0 amide bonds. The van der Waals surface area contributed by atoms with Crippen LogP contribution in [0, 0.1) is 6.07 Å². The molecule has 0 aliphatic carbocycles. The van der Waals surface area contributed by atoms with E-state index in [-0.39, 0.29) is 0 Å². The van der Waals surface area contributed by atoms with Gasteiger partial charge < -0.3 is 0 Å². The highest BCUT2D eigenvalue weighted by atomic mass is 32.2. The monoisotopic (exact) mass is 225 g/mol. The molecule has 0 aliphatic heterocycles. The van der Waals surface area contributed by atoms with Crippen LogP contribution in [0.4, 0.5) is 0 Å². The molecule has 1 aromatic rings. The summed E-state index contributed by atoms with van der Waals surface area (Å²) in [7, 11) is 0.